The number of pyridine rings is 1. The van der Waals surface area contributed by atoms with Crippen LogP contribution in [0.4, 0.5) is 27.8 Å². The maximum absolute atomic E-state index is 13.9. The van der Waals surface area contributed by atoms with E-state index >= 15 is 0 Å². The highest BCUT2D eigenvalue weighted by Gasteiger charge is 2.26. The van der Waals surface area contributed by atoms with Gasteiger partial charge in [0.05, 0.1) is 0 Å². The number of benzene rings is 1. The van der Waals surface area contributed by atoms with Gasteiger partial charge in [-0.1, -0.05) is 0 Å². The van der Waals surface area contributed by atoms with Crippen molar-refractivity contribution in [3.05, 3.63) is 59.0 Å². The summed E-state index contributed by atoms with van der Waals surface area (Å²) in [5.74, 6) is -5.85. The maximum atomic E-state index is 13.9. The molecule has 2 N–H and O–H groups in total. The van der Waals surface area contributed by atoms with Crippen molar-refractivity contribution in [1.29, 1.82) is 0 Å². The van der Waals surface area contributed by atoms with Crippen molar-refractivity contribution in [2.45, 2.75) is 19.0 Å². The molecule has 1 aliphatic heterocycles. The first-order chi connectivity index (χ1) is 13.4. The van der Waals surface area contributed by atoms with Crippen molar-refractivity contribution < 1.29 is 22.0 Å². The van der Waals surface area contributed by atoms with Gasteiger partial charge in [0.1, 0.15) is 0 Å². The highest BCUT2D eigenvalue weighted by molar-refractivity contribution is 5.80. The van der Waals surface area contributed by atoms with Gasteiger partial charge in [-0.2, -0.15) is 0 Å². The van der Waals surface area contributed by atoms with Gasteiger partial charge in [0.15, 0.2) is 40.9 Å². The minimum absolute atomic E-state index is 0.133. The summed E-state index contributed by atoms with van der Waals surface area (Å²) in [4.78, 5) is 9.73. The predicted molar refractivity (Wildman–Crippen MR) is 94.4 cm³/mol. The van der Waals surface area contributed by atoms with Crippen molar-refractivity contribution in [2.75, 3.05) is 25.0 Å². The van der Waals surface area contributed by atoms with Crippen molar-refractivity contribution >= 4 is 11.8 Å². The Morgan fingerprint density at radius 2 is 1.89 bits per heavy atom. The number of anilines is 1. The van der Waals surface area contributed by atoms with E-state index in [-0.39, 0.29) is 23.9 Å². The van der Waals surface area contributed by atoms with E-state index in [2.05, 4.69) is 20.6 Å². The molecular weight excluding hydrogens is 381 g/mol. The molecule has 0 radical (unpaired) electrons. The standard InChI is InChI=1S/C18H18F5N5/c1-24-18(26-8-11-15(22)13(20)7-14(21)16(11)23)27-10-4-6-28(9-10)17-12(19)3-2-5-25-17/h2-3,5,7,10H,4,6,8-9H2,1H3,(H2,24,26,27). The SMILES string of the molecule is CN=C(NCc1c(F)c(F)cc(F)c1F)NC1CCN(c2ncccc2F)C1. The number of nitrogens with zero attached hydrogens (tertiary/aromatic N) is 3. The summed E-state index contributed by atoms with van der Waals surface area (Å²) >= 11 is 0. The Hall–Kier alpha value is -2.91. The molecule has 0 spiro atoms. The Bertz CT molecular complexity index is 863. The molecule has 150 valence electrons. The van der Waals surface area contributed by atoms with Gasteiger partial charge in [0.25, 0.3) is 0 Å². The molecule has 1 aromatic heterocycles. The van der Waals surface area contributed by atoms with Crippen LogP contribution in [0.5, 0.6) is 0 Å². The third-order valence-corrected chi connectivity index (χ3v) is 4.43. The van der Waals surface area contributed by atoms with Gasteiger partial charge >= 0.3 is 0 Å². The van der Waals surface area contributed by atoms with Crippen molar-refractivity contribution in [3.63, 3.8) is 0 Å². The summed E-state index contributed by atoms with van der Waals surface area (Å²) in [7, 11) is 1.44. The first kappa shape index (κ1) is 19.8. The van der Waals surface area contributed by atoms with E-state index < -0.39 is 41.2 Å². The zero-order valence-corrected chi connectivity index (χ0v) is 14.9. The summed E-state index contributed by atoms with van der Waals surface area (Å²) in [6.45, 7) is 0.490. The topological polar surface area (TPSA) is 52.6 Å². The summed E-state index contributed by atoms with van der Waals surface area (Å²) in [5, 5.41) is 5.67. The fraction of sp³-hybridized carbons (Fsp3) is 0.333. The number of nitrogens with one attached hydrogen (secondary N) is 2. The van der Waals surface area contributed by atoms with E-state index in [1.165, 1.54) is 25.4 Å². The van der Waals surface area contributed by atoms with E-state index in [0.29, 0.717) is 19.5 Å². The highest BCUT2D eigenvalue weighted by atomic mass is 19.2. The monoisotopic (exact) mass is 399 g/mol. The van der Waals surface area contributed by atoms with E-state index in [1.807, 2.05) is 0 Å². The first-order valence-electron chi connectivity index (χ1n) is 8.55. The Morgan fingerprint density at radius 3 is 2.54 bits per heavy atom. The fourth-order valence-corrected chi connectivity index (χ4v) is 3.02. The summed E-state index contributed by atoms with van der Waals surface area (Å²) in [5.41, 5.74) is -0.760. The molecule has 10 heteroatoms. The number of hydrogen-bond acceptors (Lipinski definition) is 3. The van der Waals surface area contributed by atoms with Gasteiger partial charge in [-0.15, -0.1) is 0 Å². The van der Waals surface area contributed by atoms with Crippen LogP contribution in [-0.4, -0.2) is 37.1 Å². The number of hydrogen-bond donors (Lipinski definition) is 2. The molecule has 1 unspecified atom stereocenters. The zero-order valence-electron chi connectivity index (χ0n) is 14.9. The van der Waals surface area contributed by atoms with Gasteiger partial charge < -0.3 is 15.5 Å². The number of aromatic nitrogens is 1. The van der Waals surface area contributed by atoms with Gasteiger partial charge in [0, 0.05) is 50.6 Å². The smallest absolute Gasteiger partial charge is 0.191 e. The lowest BCUT2D eigenvalue weighted by molar-refractivity contribution is 0.436. The van der Waals surface area contributed by atoms with E-state index in [0.717, 1.165) is 0 Å². The third kappa shape index (κ3) is 4.15. The molecule has 0 aliphatic carbocycles. The van der Waals surface area contributed by atoms with Gasteiger partial charge in [-0.05, 0) is 18.6 Å². The largest absolute Gasteiger partial charge is 0.352 e. The second kappa shape index (κ2) is 8.41. The van der Waals surface area contributed by atoms with Crippen molar-refractivity contribution in [2.24, 2.45) is 4.99 Å². The number of rotatable bonds is 4. The molecule has 28 heavy (non-hydrogen) atoms. The Balaban J connectivity index is 1.61. The summed E-state index contributed by atoms with van der Waals surface area (Å²) in [6.07, 6.45) is 2.15. The van der Waals surface area contributed by atoms with Crippen LogP contribution >= 0.6 is 0 Å². The predicted octanol–water partition coefficient (Wildman–Crippen LogP) is 2.72. The maximum Gasteiger partial charge on any atom is 0.191 e. The van der Waals surface area contributed by atoms with Crippen LogP contribution in [0.1, 0.15) is 12.0 Å². The summed E-state index contributed by atoms with van der Waals surface area (Å²) < 4.78 is 67.9. The van der Waals surface area contributed by atoms with Crippen LogP contribution < -0.4 is 15.5 Å². The molecule has 1 fully saturated rings. The first-order valence-corrected chi connectivity index (χ1v) is 8.55. The Kier molecular flexibility index (Phi) is 5.96. The van der Waals surface area contributed by atoms with Gasteiger partial charge in [0.2, 0.25) is 0 Å². The molecule has 1 saturated heterocycles. The molecular formula is C18H18F5N5. The Morgan fingerprint density at radius 1 is 1.18 bits per heavy atom. The molecule has 1 aliphatic rings. The lowest BCUT2D eigenvalue weighted by Crippen LogP contribution is -2.44. The minimum Gasteiger partial charge on any atom is -0.352 e. The third-order valence-electron chi connectivity index (χ3n) is 4.43. The fourth-order valence-electron chi connectivity index (χ4n) is 3.02. The molecule has 2 heterocycles. The van der Waals surface area contributed by atoms with Crippen LogP contribution in [0.3, 0.4) is 0 Å². The second-order valence-corrected chi connectivity index (χ2v) is 6.26. The zero-order chi connectivity index (χ0) is 20.3. The number of aliphatic imine (C=N–C) groups is 1. The second-order valence-electron chi connectivity index (χ2n) is 6.26. The van der Waals surface area contributed by atoms with Crippen LogP contribution in [-0.2, 0) is 6.54 Å². The van der Waals surface area contributed by atoms with Gasteiger partial charge in [-0.3, -0.25) is 4.99 Å². The number of halogens is 5. The average Bonchev–Trinajstić information content (AvgIpc) is 3.14. The normalized spacial score (nSPS) is 17.1. The van der Waals surface area contributed by atoms with Gasteiger partial charge in [-0.25, -0.2) is 26.9 Å². The Labute approximate surface area is 158 Å². The molecule has 0 amide bonds. The lowest BCUT2D eigenvalue weighted by Gasteiger charge is -2.20. The molecule has 1 atom stereocenters. The molecule has 1 aromatic carbocycles. The molecule has 0 saturated carbocycles. The molecule has 5 nitrogen and oxygen atoms in total. The molecule has 0 bridgehead atoms. The van der Waals surface area contributed by atoms with E-state index in [1.54, 1.807) is 4.90 Å². The quantitative estimate of drug-likeness (QED) is 0.359. The minimum atomic E-state index is -1.47. The van der Waals surface area contributed by atoms with Crippen molar-refractivity contribution in [1.82, 2.24) is 15.6 Å². The molecule has 2 aromatic rings. The molecule has 3 rings (SSSR count). The van der Waals surface area contributed by atoms with E-state index in [4.69, 9.17) is 0 Å². The summed E-state index contributed by atoms with van der Waals surface area (Å²) in [6, 6.07) is 2.85. The van der Waals surface area contributed by atoms with Crippen LogP contribution in [0.25, 0.3) is 0 Å². The van der Waals surface area contributed by atoms with Crippen LogP contribution in [0, 0.1) is 29.1 Å². The lowest BCUT2D eigenvalue weighted by atomic mass is 10.2. The van der Waals surface area contributed by atoms with Crippen LogP contribution in [0.2, 0.25) is 0 Å². The average molecular weight is 399 g/mol. The van der Waals surface area contributed by atoms with Crippen molar-refractivity contribution in [3.8, 4) is 0 Å². The highest BCUT2D eigenvalue weighted by Crippen LogP contribution is 2.21. The van der Waals surface area contributed by atoms with E-state index in [9.17, 15) is 22.0 Å². The number of guanidine groups is 1. The van der Waals surface area contributed by atoms with Crippen LogP contribution in [0.15, 0.2) is 29.4 Å².